The number of hydrogen-bond acceptors (Lipinski definition) is 3. The van der Waals surface area contributed by atoms with Crippen LogP contribution in [0.25, 0.3) is 0 Å². The fraction of sp³-hybridized carbons (Fsp3) is 0.538. The standard InChI is InChI=1S/C13H17NO2/c1-13(2,3)11-6-9(8-15)14-7-12(11)16-10-4-5-10/h6-8,10H,4-5H2,1-3H3. The molecule has 16 heavy (non-hydrogen) atoms. The van der Waals surface area contributed by atoms with Crippen molar-refractivity contribution in [3.05, 3.63) is 23.5 Å². The van der Waals surface area contributed by atoms with E-state index in [4.69, 9.17) is 4.74 Å². The predicted octanol–water partition coefficient (Wildman–Crippen LogP) is 2.73. The van der Waals surface area contributed by atoms with Crippen LogP contribution in [-0.2, 0) is 5.41 Å². The minimum Gasteiger partial charge on any atom is -0.489 e. The van der Waals surface area contributed by atoms with Crippen LogP contribution in [0.3, 0.4) is 0 Å². The van der Waals surface area contributed by atoms with Crippen molar-refractivity contribution < 1.29 is 9.53 Å². The van der Waals surface area contributed by atoms with Gasteiger partial charge in [0.2, 0.25) is 0 Å². The van der Waals surface area contributed by atoms with Crippen LogP contribution in [0.1, 0.15) is 49.7 Å². The quantitative estimate of drug-likeness (QED) is 0.734. The van der Waals surface area contributed by atoms with E-state index in [-0.39, 0.29) is 5.41 Å². The molecule has 0 aromatic carbocycles. The maximum Gasteiger partial charge on any atom is 0.168 e. The Morgan fingerprint density at radius 3 is 2.62 bits per heavy atom. The zero-order valence-electron chi connectivity index (χ0n) is 9.99. The largest absolute Gasteiger partial charge is 0.489 e. The first kappa shape index (κ1) is 11.1. The number of hydrogen-bond donors (Lipinski definition) is 0. The molecular formula is C13H17NO2. The van der Waals surface area contributed by atoms with Crippen LogP contribution < -0.4 is 4.74 Å². The third-order valence-electron chi connectivity index (χ3n) is 2.64. The van der Waals surface area contributed by atoms with Crippen molar-refractivity contribution in [3.63, 3.8) is 0 Å². The molecule has 1 aliphatic rings. The molecule has 1 aliphatic carbocycles. The van der Waals surface area contributed by atoms with Gasteiger partial charge in [0.05, 0.1) is 12.3 Å². The molecule has 1 aromatic heterocycles. The minimum absolute atomic E-state index is 0.0368. The number of aldehydes is 1. The number of rotatable bonds is 3. The van der Waals surface area contributed by atoms with Gasteiger partial charge in [0.25, 0.3) is 0 Å². The zero-order chi connectivity index (χ0) is 11.8. The van der Waals surface area contributed by atoms with Gasteiger partial charge < -0.3 is 4.74 Å². The molecule has 3 nitrogen and oxygen atoms in total. The predicted molar refractivity (Wildman–Crippen MR) is 62.0 cm³/mol. The summed E-state index contributed by atoms with van der Waals surface area (Å²) in [6.07, 6.45) is 5.04. The number of nitrogens with zero attached hydrogens (tertiary/aromatic N) is 1. The van der Waals surface area contributed by atoms with Crippen LogP contribution in [0, 0.1) is 0 Å². The molecule has 0 radical (unpaired) electrons. The van der Waals surface area contributed by atoms with Gasteiger partial charge in [-0.2, -0.15) is 0 Å². The summed E-state index contributed by atoms with van der Waals surface area (Å²) in [7, 11) is 0. The van der Waals surface area contributed by atoms with E-state index in [0.29, 0.717) is 11.8 Å². The Morgan fingerprint density at radius 1 is 1.44 bits per heavy atom. The van der Waals surface area contributed by atoms with Crippen LogP contribution in [0.15, 0.2) is 12.3 Å². The van der Waals surface area contributed by atoms with E-state index in [1.54, 1.807) is 6.20 Å². The van der Waals surface area contributed by atoms with Crippen molar-refractivity contribution in [2.75, 3.05) is 0 Å². The van der Waals surface area contributed by atoms with Crippen LogP contribution in [-0.4, -0.2) is 17.4 Å². The molecule has 1 fully saturated rings. The molecule has 0 atom stereocenters. The molecular weight excluding hydrogens is 202 g/mol. The summed E-state index contributed by atoms with van der Waals surface area (Å²) in [5, 5.41) is 0. The molecule has 0 aliphatic heterocycles. The van der Waals surface area contributed by atoms with E-state index < -0.39 is 0 Å². The monoisotopic (exact) mass is 219 g/mol. The van der Waals surface area contributed by atoms with Crippen molar-refractivity contribution in [3.8, 4) is 5.75 Å². The SMILES string of the molecule is CC(C)(C)c1cc(C=O)ncc1OC1CC1. The molecule has 1 saturated carbocycles. The molecule has 0 bridgehead atoms. The second-order valence-electron chi connectivity index (χ2n) is 5.29. The Labute approximate surface area is 95.8 Å². The van der Waals surface area contributed by atoms with Gasteiger partial charge in [-0.05, 0) is 24.3 Å². The smallest absolute Gasteiger partial charge is 0.168 e. The van der Waals surface area contributed by atoms with Crippen LogP contribution in [0.5, 0.6) is 5.75 Å². The van der Waals surface area contributed by atoms with Gasteiger partial charge in [-0.3, -0.25) is 4.79 Å². The highest BCUT2D eigenvalue weighted by molar-refractivity contribution is 5.72. The molecule has 3 heteroatoms. The Morgan fingerprint density at radius 2 is 2.12 bits per heavy atom. The third-order valence-corrected chi connectivity index (χ3v) is 2.64. The zero-order valence-corrected chi connectivity index (χ0v) is 9.99. The minimum atomic E-state index is -0.0368. The average molecular weight is 219 g/mol. The van der Waals surface area contributed by atoms with E-state index in [1.165, 1.54) is 0 Å². The number of ether oxygens (including phenoxy) is 1. The summed E-state index contributed by atoms with van der Waals surface area (Å²) in [4.78, 5) is 14.8. The van der Waals surface area contributed by atoms with Crippen LogP contribution in [0.2, 0.25) is 0 Å². The highest BCUT2D eigenvalue weighted by Gasteiger charge is 2.27. The van der Waals surface area contributed by atoms with Gasteiger partial charge in [0.15, 0.2) is 6.29 Å². The summed E-state index contributed by atoms with van der Waals surface area (Å²) in [6, 6.07) is 1.82. The summed E-state index contributed by atoms with van der Waals surface area (Å²) >= 11 is 0. The van der Waals surface area contributed by atoms with Gasteiger partial charge in [-0.15, -0.1) is 0 Å². The molecule has 0 amide bonds. The van der Waals surface area contributed by atoms with Crippen molar-refractivity contribution >= 4 is 6.29 Å². The lowest BCUT2D eigenvalue weighted by Crippen LogP contribution is -2.15. The fourth-order valence-corrected chi connectivity index (χ4v) is 1.57. The lowest BCUT2D eigenvalue weighted by molar-refractivity contribution is 0.111. The summed E-state index contributed by atoms with van der Waals surface area (Å²) in [5.74, 6) is 0.820. The Kier molecular flexibility index (Phi) is 2.70. The molecule has 1 heterocycles. The average Bonchev–Trinajstić information content (AvgIpc) is 3.01. The fourth-order valence-electron chi connectivity index (χ4n) is 1.57. The normalized spacial score (nSPS) is 15.9. The summed E-state index contributed by atoms with van der Waals surface area (Å²) in [5.41, 5.74) is 1.48. The summed E-state index contributed by atoms with van der Waals surface area (Å²) in [6.45, 7) is 6.32. The lowest BCUT2D eigenvalue weighted by Gasteiger charge is -2.22. The molecule has 1 aromatic rings. The molecule has 86 valence electrons. The first-order chi connectivity index (χ1) is 7.50. The van der Waals surface area contributed by atoms with Gasteiger partial charge in [-0.25, -0.2) is 4.98 Å². The second-order valence-corrected chi connectivity index (χ2v) is 5.29. The van der Waals surface area contributed by atoms with Gasteiger partial charge in [0.1, 0.15) is 11.4 Å². The molecule has 0 spiro atoms. The maximum absolute atomic E-state index is 10.7. The first-order valence-electron chi connectivity index (χ1n) is 5.63. The number of aromatic nitrogens is 1. The highest BCUT2D eigenvalue weighted by atomic mass is 16.5. The van der Waals surface area contributed by atoms with E-state index >= 15 is 0 Å². The van der Waals surface area contributed by atoms with Crippen molar-refractivity contribution in [1.82, 2.24) is 4.98 Å². The van der Waals surface area contributed by atoms with Crippen molar-refractivity contribution in [2.24, 2.45) is 0 Å². The summed E-state index contributed by atoms with van der Waals surface area (Å²) < 4.78 is 5.80. The molecule has 0 unspecified atom stereocenters. The van der Waals surface area contributed by atoms with Crippen molar-refractivity contribution in [1.29, 1.82) is 0 Å². The number of pyridine rings is 1. The van der Waals surface area contributed by atoms with Gasteiger partial charge in [0, 0.05) is 5.56 Å². The van der Waals surface area contributed by atoms with E-state index in [2.05, 4.69) is 25.8 Å². The second kappa shape index (κ2) is 3.89. The van der Waals surface area contributed by atoms with Crippen LogP contribution >= 0.6 is 0 Å². The topological polar surface area (TPSA) is 39.2 Å². The third kappa shape index (κ3) is 2.40. The molecule has 0 N–H and O–H groups in total. The van der Waals surface area contributed by atoms with Gasteiger partial charge >= 0.3 is 0 Å². The van der Waals surface area contributed by atoms with Crippen molar-refractivity contribution in [2.45, 2.75) is 45.1 Å². The van der Waals surface area contributed by atoms with E-state index in [9.17, 15) is 4.79 Å². The van der Waals surface area contributed by atoms with Crippen LogP contribution in [0.4, 0.5) is 0 Å². The Hall–Kier alpha value is -1.38. The number of carbonyl (C=O) groups is 1. The van der Waals surface area contributed by atoms with Gasteiger partial charge in [-0.1, -0.05) is 20.8 Å². The highest BCUT2D eigenvalue weighted by Crippen LogP contribution is 2.35. The first-order valence-corrected chi connectivity index (χ1v) is 5.63. The molecule has 2 rings (SSSR count). The van der Waals surface area contributed by atoms with E-state index in [1.807, 2.05) is 6.07 Å². The lowest BCUT2D eigenvalue weighted by atomic mass is 9.86. The maximum atomic E-state index is 10.7. The Bertz CT molecular complexity index is 403. The number of carbonyl (C=O) groups excluding carboxylic acids is 1. The Balaban J connectivity index is 2.37. The molecule has 0 saturated heterocycles. The van der Waals surface area contributed by atoms with E-state index in [0.717, 1.165) is 30.4 Å².